The van der Waals surface area contributed by atoms with Crippen molar-refractivity contribution in [2.75, 3.05) is 0 Å². The van der Waals surface area contributed by atoms with Gasteiger partial charge in [0.2, 0.25) is 0 Å². The van der Waals surface area contributed by atoms with E-state index < -0.39 is 5.91 Å². The number of fused-ring (bicyclic) bond motifs is 1. The van der Waals surface area contributed by atoms with Crippen LogP contribution in [0.1, 0.15) is 11.1 Å². The van der Waals surface area contributed by atoms with Gasteiger partial charge in [-0.15, -0.1) is 0 Å². The number of carbonyl (C=O) groups excluding carboxylic acids is 1. The average Bonchev–Trinajstić information content (AvgIpc) is 2.93. The summed E-state index contributed by atoms with van der Waals surface area (Å²) < 4.78 is 0. The molecule has 4 heteroatoms. The molecule has 1 aromatic heterocycles. The number of H-pyrrole nitrogens is 1. The van der Waals surface area contributed by atoms with Crippen LogP contribution in [0.2, 0.25) is 0 Å². The van der Waals surface area contributed by atoms with Gasteiger partial charge in [-0.1, -0.05) is 48.5 Å². The maximum atomic E-state index is 11.4. The highest BCUT2D eigenvalue weighted by Gasteiger charge is 2.14. The van der Waals surface area contributed by atoms with E-state index in [1.54, 1.807) is 6.08 Å². The van der Waals surface area contributed by atoms with Crippen molar-refractivity contribution in [2.45, 2.75) is 6.92 Å². The summed E-state index contributed by atoms with van der Waals surface area (Å²) in [6.45, 7) is 2.01. The monoisotopic (exact) mass is 301 g/mol. The number of primary amides is 1. The lowest BCUT2D eigenvalue weighted by molar-refractivity contribution is -0.114. The van der Waals surface area contributed by atoms with Crippen molar-refractivity contribution >= 4 is 22.9 Å². The zero-order valence-corrected chi connectivity index (χ0v) is 12.6. The van der Waals surface area contributed by atoms with Gasteiger partial charge in [-0.05, 0) is 24.1 Å². The Hall–Kier alpha value is -3.32. The van der Waals surface area contributed by atoms with Crippen molar-refractivity contribution in [3.05, 3.63) is 65.2 Å². The molecule has 0 spiro atoms. The average molecular weight is 301 g/mol. The van der Waals surface area contributed by atoms with Crippen molar-refractivity contribution in [3.8, 4) is 17.3 Å². The van der Waals surface area contributed by atoms with Crippen LogP contribution in [0.15, 0.2) is 54.1 Å². The predicted molar refractivity (Wildman–Crippen MR) is 91.3 cm³/mol. The molecule has 1 amide bonds. The second kappa shape index (κ2) is 5.82. The van der Waals surface area contributed by atoms with Crippen LogP contribution in [-0.4, -0.2) is 10.9 Å². The summed E-state index contributed by atoms with van der Waals surface area (Å²) in [6.07, 6.45) is 1.56. The second-order valence-corrected chi connectivity index (χ2v) is 5.31. The molecule has 3 N–H and O–H groups in total. The molecule has 23 heavy (non-hydrogen) atoms. The lowest BCUT2D eigenvalue weighted by Crippen LogP contribution is -2.12. The number of aryl methyl sites for hydroxylation is 1. The molecule has 0 saturated carbocycles. The van der Waals surface area contributed by atoms with Gasteiger partial charge in [-0.25, -0.2) is 0 Å². The summed E-state index contributed by atoms with van der Waals surface area (Å²) >= 11 is 0. The first-order valence-electron chi connectivity index (χ1n) is 7.20. The Morgan fingerprint density at radius 1 is 1.17 bits per heavy atom. The van der Waals surface area contributed by atoms with Crippen molar-refractivity contribution < 1.29 is 4.79 Å². The number of carbonyl (C=O) groups is 1. The number of para-hydroxylation sites is 1. The lowest BCUT2D eigenvalue weighted by atomic mass is 10.0. The highest BCUT2D eigenvalue weighted by atomic mass is 16.1. The van der Waals surface area contributed by atoms with E-state index in [1.807, 2.05) is 61.5 Å². The summed E-state index contributed by atoms with van der Waals surface area (Å²) in [7, 11) is 0. The number of rotatable bonds is 3. The number of aromatic nitrogens is 1. The normalized spacial score (nSPS) is 11.4. The minimum atomic E-state index is -0.728. The molecule has 1 heterocycles. The first kappa shape index (κ1) is 14.6. The molecule has 0 fully saturated rings. The number of hydrogen-bond acceptors (Lipinski definition) is 2. The maximum Gasteiger partial charge on any atom is 0.259 e. The molecule has 0 saturated heterocycles. The van der Waals surface area contributed by atoms with Gasteiger partial charge in [0, 0.05) is 16.5 Å². The minimum Gasteiger partial charge on any atom is -0.365 e. The molecular formula is C19H15N3O. The third kappa shape index (κ3) is 2.60. The summed E-state index contributed by atoms with van der Waals surface area (Å²) in [5.74, 6) is -0.728. The first-order chi connectivity index (χ1) is 11.1. The highest BCUT2D eigenvalue weighted by Crippen LogP contribution is 2.33. The largest absolute Gasteiger partial charge is 0.365 e. The van der Waals surface area contributed by atoms with Crippen molar-refractivity contribution in [3.63, 3.8) is 0 Å². The molecular weight excluding hydrogens is 286 g/mol. The standard InChI is InChI=1S/C19H15N3O/c1-12-6-5-9-15-16(10-14(11-20)19(21)23)18(22-17(12)15)13-7-3-2-4-8-13/h2-10,22H,1H3,(H2,21,23)/b14-10-. The Bertz CT molecular complexity index is 959. The van der Waals surface area contributed by atoms with Gasteiger partial charge in [0.15, 0.2) is 0 Å². The Morgan fingerprint density at radius 2 is 1.91 bits per heavy atom. The van der Waals surface area contributed by atoms with Gasteiger partial charge in [0.1, 0.15) is 11.6 Å². The van der Waals surface area contributed by atoms with E-state index in [0.29, 0.717) is 0 Å². The number of hydrogen-bond donors (Lipinski definition) is 2. The molecule has 3 rings (SSSR count). The molecule has 2 aromatic carbocycles. The van der Waals surface area contributed by atoms with Crippen molar-refractivity contribution in [2.24, 2.45) is 5.73 Å². The number of nitrogens with zero attached hydrogens (tertiary/aromatic N) is 1. The smallest absolute Gasteiger partial charge is 0.259 e. The summed E-state index contributed by atoms with van der Waals surface area (Å²) in [4.78, 5) is 14.8. The molecule has 112 valence electrons. The Balaban J connectivity index is 2.36. The number of benzene rings is 2. The van der Waals surface area contributed by atoms with Crippen LogP contribution in [-0.2, 0) is 4.79 Å². The molecule has 0 aliphatic rings. The molecule has 4 nitrogen and oxygen atoms in total. The van der Waals surface area contributed by atoms with Crippen LogP contribution < -0.4 is 5.73 Å². The summed E-state index contributed by atoms with van der Waals surface area (Å²) in [6, 6.07) is 17.6. The lowest BCUT2D eigenvalue weighted by Gasteiger charge is -2.01. The van der Waals surface area contributed by atoms with Gasteiger partial charge in [0.05, 0.1) is 5.69 Å². The van der Waals surface area contributed by atoms with Crippen molar-refractivity contribution in [1.29, 1.82) is 5.26 Å². The third-order valence-electron chi connectivity index (χ3n) is 3.82. The topological polar surface area (TPSA) is 82.7 Å². The SMILES string of the molecule is Cc1cccc2c(/C=C(/C#N)C(N)=O)c(-c3ccccc3)[nH]c12. The van der Waals surface area contributed by atoms with Crippen LogP contribution in [0.25, 0.3) is 28.2 Å². The van der Waals surface area contributed by atoms with Gasteiger partial charge < -0.3 is 10.7 Å². The Labute approximate surface area is 133 Å². The zero-order chi connectivity index (χ0) is 16.4. The number of amides is 1. The molecule has 0 radical (unpaired) electrons. The predicted octanol–water partition coefficient (Wildman–Crippen LogP) is 3.54. The van der Waals surface area contributed by atoms with Crippen LogP contribution in [0, 0.1) is 18.3 Å². The van der Waals surface area contributed by atoms with Crippen LogP contribution in [0.5, 0.6) is 0 Å². The fraction of sp³-hybridized carbons (Fsp3) is 0.0526. The maximum absolute atomic E-state index is 11.4. The van der Waals surface area contributed by atoms with Gasteiger partial charge in [0.25, 0.3) is 5.91 Å². The number of aromatic amines is 1. The summed E-state index contributed by atoms with van der Waals surface area (Å²) in [5.41, 5.74) is 9.95. The van der Waals surface area contributed by atoms with Crippen LogP contribution in [0.3, 0.4) is 0 Å². The van der Waals surface area contributed by atoms with Gasteiger partial charge in [-0.3, -0.25) is 4.79 Å². The number of nitrogens with one attached hydrogen (secondary N) is 1. The zero-order valence-electron chi connectivity index (χ0n) is 12.6. The van der Waals surface area contributed by atoms with Crippen LogP contribution in [0.4, 0.5) is 0 Å². The molecule has 0 bridgehead atoms. The van der Waals surface area contributed by atoms with E-state index in [0.717, 1.165) is 33.3 Å². The molecule has 3 aromatic rings. The van der Waals surface area contributed by atoms with Crippen molar-refractivity contribution in [1.82, 2.24) is 4.98 Å². The fourth-order valence-electron chi connectivity index (χ4n) is 2.67. The molecule has 0 unspecified atom stereocenters. The van der Waals surface area contributed by atoms with E-state index in [9.17, 15) is 4.79 Å². The molecule has 0 aliphatic carbocycles. The third-order valence-corrected chi connectivity index (χ3v) is 3.82. The number of nitrogens with two attached hydrogens (primary N) is 1. The molecule has 0 atom stereocenters. The quantitative estimate of drug-likeness (QED) is 0.573. The second-order valence-electron chi connectivity index (χ2n) is 5.31. The van der Waals surface area contributed by atoms with Crippen LogP contribution >= 0.6 is 0 Å². The van der Waals surface area contributed by atoms with E-state index in [1.165, 1.54) is 0 Å². The van der Waals surface area contributed by atoms with Gasteiger partial charge in [-0.2, -0.15) is 5.26 Å². The first-order valence-corrected chi connectivity index (χ1v) is 7.20. The van der Waals surface area contributed by atoms with E-state index in [2.05, 4.69) is 4.98 Å². The van der Waals surface area contributed by atoms with Gasteiger partial charge >= 0.3 is 0 Å². The number of nitriles is 1. The van der Waals surface area contributed by atoms with E-state index in [-0.39, 0.29) is 5.57 Å². The summed E-state index contributed by atoms with van der Waals surface area (Å²) in [5, 5.41) is 10.1. The Kier molecular flexibility index (Phi) is 3.70. The fourth-order valence-corrected chi connectivity index (χ4v) is 2.67. The van der Waals surface area contributed by atoms with E-state index in [4.69, 9.17) is 11.0 Å². The molecule has 0 aliphatic heterocycles. The Morgan fingerprint density at radius 3 is 2.57 bits per heavy atom. The highest BCUT2D eigenvalue weighted by molar-refractivity contribution is 6.06. The minimum absolute atomic E-state index is 0.0652. The van der Waals surface area contributed by atoms with E-state index >= 15 is 0 Å².